The summed E-state index contributed by atoms with van der Waals surface area (Å²) in [5, 5.41) is 11.8. The Kier molecular flexibility index (Phi) is 4.90. The number of anilines is 1. The van der Waals surface area contributed by atoms with Crippen LogP contribution in [-0.4, -0.2) is 16.5 Å². The number of rotatable bonds is 6. The van der Waals surface area contributed by atoms with Gasteiger partial charge < -0.3 is 10.1 Å². The Balaban J connectivity index is 2.03. The average molecular weight is 268 g/mol. The molecular weight excluding hydrogens is 252 g/mol. The molecule has 0 amide bonds. The molecule has 5 heteroatoms. The zero-order valence-electron chi connectivity index (χ0n) is 11.3. The molecule has 0 radical (unpaired) electrons. The van der Waals surface area contributed by atoms with Crippen LogP contribution in [0.1, 0.15) is 18.9 Å². The maximum absolute atomic E-state index is 8.62. The van der Waals surface area contributed by atoms with Crippen molar-refractivity contribution in [1.29, 1.82) is 5.26 Å². The number of nitrogens with zero attached hydrogens (tertiary/aromatic N) is 3. The molecule has 1 heterocycles. The van der Waals surface area contributed by atoms with Crippen molar-refractivity contribution >= 4 is 5.82 Å². The molecule has 0 unspecified atom stereocenters. The van der Waals surface area contributed by atoms with Crippen molar-refractivity contribution < 1.29 is 4.74 Å². The van der Waals surface area contributed by atoms with Crippen LogP contribution >= 0.6 is 0 Å². The highest BCUT2D eigenvalue weighted by Crippen LogP contribution is 2.21. The third kappa shape index (κ3) is 3.95. The highest BCUT2D eigenvalue weighted by molar-refractivity contribution is 5.39. The topological polar surface area (TPSA) is 70.8 Å². The summed E-state index contributed by atoms with van der Waals surface area (Å²) in [5.74, 6) is 1.93. The molecule has 2 rings (SSSR count). The van der Waals surface area contributed by atoms with E-state index < -0.39 is 0 Å². The third-order valence-electron chi connectivity index (χ3n) is 2.63. The van der Waals surface area contributed by atoms with E-state index >= 15 is 0 Å². The third-order valence-corrected chi connectivity index (χ3v) is 2.63. The van der Waals surface area contributed by atoms with E-state index in [-0.39, 0.29) is 0 Å². The van der Waals surface area contributed by atoms with Crippen molar-refractivity contribution in [2.24, 2.45) is 0 Å². The molecular formula is C15H16N4O. The summed E-state index contributed by atoms with van der Waals surface area (Å²) in [6, 6.07) is 11.3. The molecule has 0 spiro atoms. The molecule has 0 aliphatic heterocycles. The smallest absolute Gasteiger partial charge is 0.224 e. The second-order valence-corrected chi connectivity index (χ2v) is 4.25. The van der Waals surface area contributed by atoms with Gasteiger partial charge in [0.25, 0.3) is 0 Å². The van der Waals surface area contributed by atoms with Gasteiger partial charge >= 0.3 is 0 Å². The number of hydrogen-bond donors (Lipinski definition) is 1. The first-order valence-corrected chi connectivity index (χ1v) is 6.51. The van der Waals surface area contributed by atoms with Crippen LogP contribution in [0.25, 0.3) is 0 Å². The number of nitriles is 1. The van der Waals surface area contributed by atoms with Crippen LogP contribution in [0.5, 0.6) is 11.6 Å². The average Bonchev–Trinajstić information content (AvgIpc) is 2.48. The Morgan fingerprint density at radius 1 is 1.25 bits per heavy atom. The van der Waals surface area contributed by atoms with Gasteiger partial charge in [0.05, 0.1) is 12.5 Å². The van der Waals surface area contributed by atoms with Crippen molar-refractivity contribution in [1.82, 2.24) is 9.97 Å². The monoisotopic (exact) mass is 268 g/mol. The quantitative estimate of drug-likeness (QED) is 0.871. The van der Waals surface area contributed by atoms with Crippen molar-refractivity contribution in [3.8, 4) is 17.7 Å². The fourth-order valence-corrected chi connectivity index (χ4v) is 1.63. The van der Waals surface area contributed by atoms with E-state index in [4.69, 9.17) is 10.00 Å². The van der Waals surface area contributed by atoms with Crippen LogP contribution in [0.15, 0.2) is 36.7 Å². The summed E-state index contributed by atoms with van der Waals surface area (Å²) >= 11 is 0. The first-order valence-electron chi connectivity index (χ1n) is 6.51. The van der Waals surface area contributed by atoms with E-state index in [0.717, 1.165) is 24.3 Å². The lowest BCUT2D eigenvalue weighted by atomic mass is 10.2. The predicted octanol–water partition coefficient (Wildman–Crippen LogP) is 3.16. The summed E-state index contributed by atoms with van der Waals surface area (Å²) in [4.78, 5) is 8.19. The van der Waals surface area contributed by atoms with Gasteiger partial charge in [0.2, 0.25) is 5.88 Å². The molecule has 1 aromatic carbocycles. The van der Waals surface area contributed by atoms with Gasteiger partial charge in [-0.25, -0.2) is 9.97 Å². The van der Waals surface area contributed by atoms with Crippen LogP contribution in [0.4, 0.5) is 5.82 Å². The highest BCUT2D eigenvalue weighted by Gasteiger charge is 2.01. The minimum absolute atomic E-state index is 0.402. The van der Waals surface area contributed by atoms with Gasteiger partial charge in [-0.2, -0.15) is 5.26 Å². The maximum Gasteiger partial charge on any atom is 0.224 e. The second-order valence-electron chi connectivity index (χ2n) is 4.25. The predicted molar refractivity (Wildman–Crippen MR) is 76.6 cm³/mol. The van der Waals surface area contributed by atoms with E-state index in [1.54, 1.807) is 6.07 Å². The zero-order valence-corrected chi connectivity index (χ0v) is 11.3. The number of nitrogens with one attached hydrogen (secondary N) is 1. The largest absolute Gasteiger partial charge is 0.439 e. The van der Waals surface area contributed by atoms with Crippen LogP contribution in [0, 0.1) is 11.3 Å². The normalized spacial score (nSPS) is 9.80. The standard InChI is InChI=1S/C15H16N4O/c1-2-9-17-14-10-15(19-11-18-14)20-13-5-3-12(4-6-13)7-8-16/h3-6,10-11H,2,7,9H2,1H3,(H,17,18,19). The Morgan fingerprint density at radius 3 is 2.75 bits per heavy atom. The number of hydrogen-bond acceptors (Lipinski definition) is 5. The van der Waals surface area contributed by atoms with Crippen LogP contribution in [-0.2, 0) is 6.42 Å². The van der Waals surface area contributed by atoms with Crippen molar-refractivity contribution in [2.45, 2.75) is 19.8 Å². The minimum atomic E-state index is 0.402. The summed E-state index contributed by atoms with van der Waals surface area (Å²) < 4.78 is 5.66. The van der Waals surface area contributed by atoms with Gasteiger partial charge in [0.1, 0.15) is 17.9 Å². The first-order chi connectivity index (χ1) is 9.81. The Bertz CT molecular complexity index is 590. The Morgan fingerprint density at radius 2 is 2.05 bits per heavy atom. The van der Waals surface area contributed by atoms with Crippen LogP contribution < -0.4 is 10.1 Å². The number of aromatic nitrogens is 2. The van der Waals surface area contributed by atoms with Gasteiger partial charge in [-0.05, 0) is 24.1 Å². The molecule has 0 bridgehead atoms. The molecule has 1 aromatic heterocycles. The van der Waals surface area contributed by atoms with Crippen LogP contribution in [0.3, 0.4) is 0 Å². The van der Waals surface area contributed by atoms with Gasteiger partial charge in [-0.3, -0.25) is 0 Å². The Labute approximate surface area is 118 Å². The fourth-order valence-electron chi connectivity index (χ4n) is 1.63. The van der Waals surface area contributed by atoms with Crippen LogP contribution in [0.2, 0.25) is 0 Å². The molecule has 0 fully saturated rings. The van der Waals surface area contributed by atoms with E-state index in [1.165, 1.54) is 6.33 Å². The molecule has 5 nitrogen and oxygen atoms in total. The van der Waals surface area contributed by atoms with Gasteiger partial charge in [-0.1, -0.05) is 19.1 Å². The molecule has 0 aliphatic rings. The lowest BCUT2D eigenvalue weighted by Crippen LogP contribution is -2.02. The van der Waals surface area contributed by atoms with Crippen molar-refractivity contribution in [3.05, 3.63) is 42.2 Å². The van der Waals surface area contributed by atoms with E-state index in [0.29, 0.717) is 18.1 Å². The first kappa shape index (κ1) is 13.8. The molecule has 0 aliphatic carbocycles. The maximum atomic E-state index is 8.62. The van der Waals surface area contributed by atoms with Gasteiger partial charge in [0.15, 0.2) is 0 Å². The molecule has 0 saturated heterocycles. The lowest BCUT2D eigenvalue weighted by Gasteiger charge is -2.07. The molecule has 0 atom stereocenters. The summed E-state index contributed by atoms with van der Waals surface area (Å²) in [6.07, 6.45) is 2.90. The minimum Gasteiger partial charge on any atom is -0.439 e. The number of benzene rings is 1. The molecule has 2 aromatic rings. The summed E-state index contributed by atoms with van der Waals surface area (Å²) in [6.45, 7) is 2.95. The second kappa shape index (κ2) is 7.10. The SMILES string of the molecule is CCCNc1cc(Oc2ccc(CC#N)cc2)ncn1. The summed E-state index contributed by atoms with van der Waals surface area (Å²) in [7, 11) is 0. The van der Waals surface area contributed by atoms with E-state index in [9.17, 15) is 0 Å². The van der Waals surface area contributed by atoms with Gasteiger partial charge in [-0.15, -0.1) is 0 Å². The Hall–Kier alpha value is -2.61. The number of ether oxygens (including phenoxy) is 1. The fraction of sp³-hybridized carbons (Fsp3) is 0.267. The highest BCUT2D eigenvalue weighted by atomic mass is 16.5. The molecule has 20 heavy (non-hydrogen) atoms. The molecule has 0 saturated carbocycles. The van der Waals surface area contributed by atoms with E-state index in [2.05, 4.69) is 28.3 Å². The summed E-state index contributed by atoms with van der Waals surface area (Å²) in [5.41, 5.74) is 0.966. The zero-order chi connectivity index (χ0) is 14.2. The van der Waals surface area contributed by atoms with Crippen molar-refractivity contribution in [2.75, 3.05) is 11.9 Å². The molecule has 1 N–H and O–H groups in total. The van der Waals surface area contributed by atoms with Crippen molar-refractivity contribution in [3.63, 3.8) is 0 Å². The van der Waals surface area contributed by atoms with E-state index in [1.807, 2.05) is 24.3 Å². The lowest BCUT2D eigenvalue weighted by molar-refractivity contribution is 0.461. The van der Waals surface area contributed by atoms with Gasteiger partial charge in [0, 0.05) is 12.6 Å². The molecule has 102 valence electrons.